The summed E-state index contributed by atoms with van der Waals surface area (Å²) >= 11 is 5.11. The quantitative estimate of drug-likeness (QED) is 0.481. The summed E-state index contributed by atoms with van der Waals surface area (Å²) in [4.78, 5) is 33.7. The second-order valence-electron chi connectivity index (χ2n) is 6.75. The molecule has 7 heteroatoms. The van der Waals surface area contributed by atoms with Crippen molar-refractivity contribution in [3.63, 3.8) is 0 Å². The second-order valence-corrected chi connectivity index (χ2v) is 9.25. The number of nitrogens with one attached hydrogen (secondary N) is 1. The number of H-pyrrole nitrogens is 1. The molecule has 0 spiro atoms. The normalized spacial score (nSPS) is 21.7. The van der Waals surface area contributed by atoms with Crippen LogP contribution in [0.1, 0.15) is 22.2 Å². The Labute approximate surface area is 168 Å². The van der Waals surface area contributed by atoms with Gasteiger partial charge in [0.2, 0.25) is 0 Å². The number of hydrogen-bond donors (Lipinski definition) is 1. The molecule has 2 atom stereocenters. The number of amides is 3. The van der Waals surface area contributed by atoms with E-state index < -0.39 is 6.04 Å². The molecule has 0 unspecified atom stereocenters. The minimum atomic E-state index is -0.477. The van der Waals surface area contributed by atoms with Gasteiger partial charge in [0.15, 0.2) is 0 Å². The number of imide groups is 1. The van der Waals surface area contributed by atoms with Crippen molar-refractivity contribution in [1.29, 1.82) is 0 Å². The second kappa shape index (κ2) is 6.07. The topological polar surface area (TPSA) is 56.4 Å². The predicted molar refractivity (Wildman–Crippen MR) is 109 cm³/mol. The molecular weight excluding hydrogens is 426 g/mol. The number of para-hydroxylation sites is 1. The maximum Gasteiger partial charge on any atom is 0.328 e. The maximum absolute atomic E-state index is 13.1. The first-order valence-corrected chi connectivity index (χ1v) is 10.3. The van der Waals surface area contributed by atoms with Crippen molar-refractivity contribution >= 4 is 50.1 Å². The Balaban J connectivity index is 1.73. The van der Waals surface area contributed by atoms with E-state index in [2.05, 4.69) is 33.6 Å². The minimum absolute atomic E-state index is 0.142. The third-order valence-electron chi connectivity index (χ3n) is 5.31. The highest BCUT2D eigenvalue weighted by Gasteiger charge is 2.52. The SMILES string of the molecule is C=CCN1C(=O)[C@H]2Cc3c([nH]c4ccccc34)[C@H](c3ccc(Br)s3)N2C1=O. The Kier molecular flexibility index (Phi) is 3.77. The van der Waals surface area contributed by atoms with Crippen LogP contribution in [0.5, 0.6) is 0 Å². The van der Waals surface area contributed by atoms with E-state index in [1.54, 1.807) is 22.3 Å². The Morgan fingerprint density at radius 3 is 2.81 bits per heavy atom. The van der Waals surface area contributed by atoms with E-state index in [1.807, 2.05) is 30.3 Å². The largest absolute Gasteiger partial charge is 0.356 e. The molecule has 136 valence electrons. The Morgan fingerprint density at radius 1 is 1.26 bits per heavy atom. The molecule has 1 N–H and O–H groups in total. The molecule has 3 amide bonds. The van der Waals surface area contributed by atoms with Gasteiger partial charge < -0.3 is 4.98 Å². The minimum Gasteiger partial charge on any atom is -0.356 e. The number of thiophene rings is 1. The first kappa shape index (κ1) is 16.8. The van der Waals surface area contributed by atoms with E-state index in [4.69, 9.17) is 0 Å². The number of fused-ring (bicyclic) bond motifs is 4. The van der Waals surface area contributed by atoms with Gasteiger partial charge >= 0.3 is 6.03 Å². The molecule has 1 fully saturated rings. The summed E-state index contributed by atoms with van der Waals surface area (Å²) in [7, 11) is 0. The molecular formula is C20H16BrN3O2S. The molecule has 2 aliphatic rings. The Morgan fingerprint density at radius 2 is 2.07 bits per heavy atom. The molecule has 27 heavy (non-hydrogen) atoms. The van der Waals surface area contributed by atoms with E-state index >= 15 is 0 Å². The van der Waals surface area contributed by atoms with Crippen molar-refractivity contribution in [2.24, 2.45) is 0 Å². The van der Waals surface area contributed by atoms with Crippen molar-refractivity contribution in [3.8, 4) is 0 Å². The van der Waals surface area contributed by atoms with Gasteiger partial charge in [0.1, 0.15) is 12.1 Å². The van der Waals surface area contributed by atoms with Crippen LogP contribution in [-0.4, -0.2) is 39.3 Å². The number of benzene rings is 1. The lowest BCUT2D eigenvalue weighted by Crippen LogP contribution is -2.43. The van der Waals surface area contributed by atoms with Gasteiger partial charge in [-0.3, -0.25) is 14.6 Å². The molecule has 1 aromatic carbocycles. The molecule has 2 aromatic heterocycles. The zero-order valence-corrected chi connectivity index (χ0v) is 16.7. The third kappa shape index (κ3) is 2.34. The van der Waals surface area contributed by atoms with Crippen LogP contribution in [0.15, 0.2) is 52.8 Å². The Hall–Kier alpha value is -2.38. The van der Waals surface area contributed by atoms with Gasteiger partial charge in [-0.1, -0.05) is 24.3 Å². The molecule has 2 aliphatic heterocycles. The number of aromatic amines is 1. The first-order chi connectivity index (χ1) is 13.1. The summed E-state index contributed by atoms with van der Waals surface area (Å²) in [6.07, 6.45) is 2.13. The Bertz CT molecular complexity index is 1100. The lowest BCUT2D eigenvalue weighted by atomic mass is 9.91. The molecule has 0 radical (unpaired) electrons. The molecule has 0 bridgehead atoms. The van der Waals surface area contributed by atoms with Gasteiger partial charge in [-0.25, -0.2) is 4.79 Å². The lowest BCUT2D eigenvalue weighted by Gasteiger charge is -2.35. The fourth-order valence-electron chi connectivity index (χ4n) is 4.20. The third-order valence-corrected chi connectivity index (χ3v) is 6.99. The van der Waals surface area contributed by atoms with Crippen LogP contribution in [0, 0.1) is 0 Å². The van der Waals surface area contributed by atoms with Crippen LogP contribution in [0.3, 0.4) is 0 Å². The lowest BCUT2D eigenvalue weighted by molar-refractivity contribution is -0.128. The number of nitrogens with zero attached hydrogens (tertiary/aromatic N) is 2. The predicted octanol–water partition coefficient (Wildman–Crippen LogP) is 4.46. The van der Waals surface area contributed by atoms with Crippen molar-refractivity contribution in [2.45, 2.75) is 18.5 Å². The van der Waals surface area contributed by atoms with Crippen molar-refractivity contribution < 1.29 is 9.59 Å². The number of hydrogen-bond acceptors (Lipinski definition) is 3. The van der Waals surface area contributed by atoms with Crippen LogP contribution in [0.25, 0.3) is 10.9 Å². The summed E-state index contributed by atoms with van der Waals surface area (Å²) in [6, 6.07) is 11.1. The van der Waals surface area contributed by atoms with E-state index in [-0.39, 0.29) is 24.5 Å². The average molecular weight is 442 g/mol. The maximum atomic E-state index is 13.1. The highest BCUT2D eigenvalue weighted by Crippen LogP contribution is 2.46. The number of carbonyl (C=O) groups excluding carboxylic acids is 2. The first-order valence-electron chi connectivity index (χ1n) is 8.69. The van der Waals surface area contributed by atoms with Crippen LogP contribution < -0.4 is 0 Å². The van der Waals surface area contributed by atoms with Gasteiger partial charge in [0.05, 0.1) is 3.79 Å². The summed E-state index contributed by atoms with van der Waals surface area (Å²) in [6.45, 7) is 3.92. The zero-order valence-electron chi connectivity index (χ0n) is 14.3. The van der Waals surface area contributed by atoms with Crippen LogP contribution in [0.2, 0.25) is 0 Å². The van der Waals surface area contributed by atoms with Crippen molar-refractivity contribution in [3.05, 3.63) is 69.0 Å². The van der Waals surface area contributed by atoms with Gasteiger partial charge in [-0.05, 0) is 39.7 Å². The summed E-state index contributed by atoms with van der Waals surface area (Å²) < 4.78 is 0.998. The van der Waals surface area contributed by atoms with Gasteiger partial charge in [0.25, 0.3) is 5.91 Å². The van der Waals surface area contributed by atoms with E-state index in [0.717, 1.165) is 30.8 Å². The summed E-state index contributed by atoms with van der Waals surface area (Å²) in [5.41, 5.74) is 3.17. The molecule has 1 saturated heterocycles. The average Bonchev–Trinajstić information content (AvgIpc) is 3.32. The summed E-state index contributed by atoms with van der Waals surface area (Å²) in [5, 5.41) is 1.12. The van der Waals surface area contributed by atoms with Crippen LogP contribution >= 0.6 is 27.3 Å². The smallest absolute Gasteiger partial charge is 0.328 e. The molecule has 3 aromatic rings. The molecule has 5 rings (SSSR count). The number of urea groups is 1. The number of aromatic nitrogens is 1. The van der Waals surface area contributed by atoms with Crippen molar-refractivity contribution in [1.82, 2.24) is 14.8 Å². The summed E-state index contributed by atoms with van der Waals surface area (Å²) in [5.74, 6) is -0.142. The zero-order chi connectivity index (χ0) is 18.7. The van der Waals surface area contributed by atoms with E-state index in [0.29, 0.717) is 6.42 Å². The number of carbonyl (C=O) groups is 2. The van der Waals surface area contributed by atoms with E-state index in [9.17, 15) is 9.59 Å². The highest BCUT2D eigenvalue weighted by molar-refractivity contribution is 9.11. The standard InChI is InChI=1S/C20H16BrN3O2S/c1-2-9-23-19(25)14-10-12-11-5-3-4-6-13(11)22-17(12)18(24(14)20(23)26)15-7-8-16(21)27-15/h2-8,14,18,22H,1,9-10H2/t14-,18+/m1/s1. The molecule has 5 nitrogen and oxygen atoms in total. The number of rotatable bonds is 3. The van der Waals surface area contributed by atoms with Gasteiger partial charge in [-0.2, -0.15) is 0 Å². The fourth-order valence-corrected chi connectivity index (χ4v) is 5.73. The van der Waals surface area contributed by atoms with Gasteiger partial charge in [0, 0.05) is 34.4 Å². The van der Waals surface area contributed by atoms with Gasteiger partial charge in [-0.15, -0.1) is 17.9 Å². The molecule has 0 saturated carbocycles. The molecule has 0 aliphatic carbocycles. The van der Waals surface area contributed by atoms with Crippen molar-refractivity contribution in [2.75, 3.05) is 6.54 Å². The van der Waals surface area contributed by atoms with E-state index in [1.165, 1.54) is 4.90 Å². The molecule has 4 heterocycles. The van der Waals surface area contributed by atoms with Crippen LogP contribution in [0.4, 0.5) is 4.79 Å². The highest BCUT2D eigenvalue weighted by atomic mass is 79.9. The number of halogens is 1. The fraction of sp³-hybridized carbons (Fsp3) is 0.200. The van der Waals surface area contributed by atoms with Crippen LogP contribution in [-0.2, 0) is 11.2 Å². The monoisotopic (exact) mass is 441 g/mol.